The minimum absolute atomic E-state index is 0.0919. The van der Waals surface area contributed by atoms with E-state index in [1.54, 1.807) is 7.11 Å². The van der Waals surface area contributed by atoms with Gasteiger partial charge in [0, 0.05) is 24.2 Å². The molecule has 0 bridgehead atoms. The summed E-state index contributed by atoms with van der Waals surface area (Å²) < 4.78 is 5.09. The molecule has 1 aromatic carbocycles. The van der Waals surface area contributed by atoms with Crippen molar-refractivity contribution in [2.24, 2.45) is 5.73 Å². The Morgan fingerprint density at radius 2 is 2.05 bits per heavy atom. The molecular weight excluding hydrogens is 250 g/mol. The molecule has 2 aromatic rings. The fourth-order valence-electron chi connectivity index (χ4n) is 2.20. The van der Waals surface area contributed by atoms with Crippen molar-refractivity contribution >= 4 is 0 Å². The summed E-state index contributed by atoms with van der Waals surface area (Å²) in [5.74, 6) is 0.584. The summed E-state index contributed by atoms with van der Waals surface area (Å²) >= 11 is 0. The maximum atomic E-state index is 6.19. The van der Waals surface area contributed by atoms with Crippen LogP contribution < -0.4 is 10.5 Å². The zero-order valence-electron chi connectivity index (χ0n) is 12.0. The van der Waals surface area contributed by atoms with E-state index in [-0.39, 0.29) is 6.04 Å². The standard InChI is InChI=1S/C16H21N3O/c1-12-5-3-4-6-13(12)7-8-14(17)9-15-10-16(20-2)19-11-18-15/h3-6,10-11,14H,7-9,17H2,1-2H3. The number of rotatable bonds is 6. The lowest BCUT2D eigenvalue weighted by molar-refractivity contribution is 0.395. The minimum atomic E-state index is 0.0919. The number of ether oxygens (including phenoxy) is 1. The molecular formula is C16H21N3O. The highest BCUT2D eigenvalue weighted by molar-refractivity contribution is 5.25. The van der Waals surface area contributed by atoms with Gasteiger partial charge in [0.2, 0.25) is 5.88 Å². The molecule has 0 aliphatic heterocycles. The SMILES string of the molecule is COc1cc(CC(N)CCc2ccccc2C)ncn1. The van der Waals surface area contributed by atoms with Crippen LogP contribution in [0.25, 0.3) is 0 Å². The van der Waals surface area contributed by atoms with Crippen LogP contribution in [0.2, 0.25) is 0 Å². The van der Waals surface area contributed by atoms with E-state index in [9.17, 15) is 0 Å². The highest BCUT2D eigenvalue weighted by Crippen LogP contribution is 2.13. The molecule has 0 saturated heterocycles. The van der Waals surface area contributed by atoms with Gasteiger partial charge in [-0.1, -0.05) is 24.3 Å². The third kappa shape index (κ3) is 4.03. The van der Waals surface area contributed by atoms with Gasteiger partial charge >= 0.3 is 0 Å². The highest BCUT2D eigenvalue weighted by Gasteiger charge is 2.08. The summed E-state index contributed by atoms with van der Waals surface area (Å²) in [7, 11) is 1.60. The molecule has 0 amide bonds. The largest absolute Gasteiger partial charge is 0.481 e. The van der Waals surface area contributed by atoms with Gasteiger partial charge in [-0.15, -0.1) is 0 Å². The maximum Gasteiger partial charge on any atom is 0.216 e. The molecule has 1 atom stereocenters. The summed E-state index contributed by atoms with van der Waals surface area (Å²) in [6, 6.07) is 10.4. The van der Waals surface area contributed by atoms with Gasteiger partial charge in [-0.3, -0.25) is 0 Å². The molecule has 4 heteroatoms. The van der Waals surface area contributed by atoms with Gasteiger partial charge in [-0.2, -0.15) is 0 Å². The maximum absolute atomic E-state index is 6.19. The zero-order chi connectivity index (χ0) is 14.4. The molecule has 2 N–H and O–H groups in total. The van der Waals surface area contributed by atoms with Gasteiger partial charge in [0.1, 0.15) is 6.33 Å². The van der Waals surface area contributed by atoms with E-state index in [0.717, 1.165) is 25.0 Å². The van der Waals surface area contributed by atoms with E-state index < -0.39 is 0 Å². The van der Waals surface area contributed by atoms with Crippen LogP contribution >= 0.6 is 0 Å². The van der Waals surface area contributed by atoms with Gasteiger partial charge in [-0.25, -0.2) is 9.97 Å². The second-order valence-electron chi connectivity index (χ2n) is 4.98. The number of hydrogen-bond acceptors (Lipinski definition) is 4. The van der Waals surface area contributed by atoms with Gasteiger partial charge in [-0.05, 0) is 30.9 Å². The third-order valence-electron chi connectivity index (χ3n) is 3.42. The first-order valence-electron chi connectivity index (χ1n) is 6.84. The second kappa shape index (κ2) is 7.01. The van der Waals surface area contributed by atoms with Gasteiger partial charge < -0.3 is 10.5 Å². The van der Waals surface area contributed by atoms with Crippen LogP contribution in [0.5, 0.6) is 5.88 Å². The molecule has 4 nitrogen and oxygen atoms in total. The minimum Gasteiger partial charge on any atom is -0.481 e. The molecule has 0 fully saturated rings. The van der Waals surface area contributed by atoms with Crippen molar-refractivity contribution in [2.75, 3.05) is 7.11 Å². The van der Waals surface area contributed by atoms with Crippen molar-refractivity contribution in [3.05, 3.63) is 53.5 Å². The van der Waals surface area contributed by atoms with Crippen LogP contribution in [0, 0.1) is 6.92 Å². The lowest BCUT2D eigenvalue weighted by atomic mass is 9.99. The Labute approximate surface area is 120 Å². The average Bonchev–Trinajstić information content (AvgIpc) is 2.46. The van der Waals surface area contributed by atoms with E-state index in [0.29, 0.717) is 5.88 Å². The van der Waals surface area contributed by atoms with Crippen LogP contribution in [0.4, 0.5) is 0 Å². The summed E-state index contributed by atoms with van der Waals surface area (Å²) in [5.41, 5.74) is 9.81. The van der Waals surface area contributed by atoms with Gasteiger partial charge in [0.25, 0.3) is 0 Å². The molecule has 0 aliphatic carbocycles. The number of hydrogen-bond donors (Lipinski definition) is 1. The van der Waals surface area contributed by atoms with E-state index >= 15 is 0 Å². The first kappa shape index (κ1) is 14.5. The van der Waals surface area contributed by atoms with Crippen molar-refractivity contribution in [3.63, 3.8) is 0 Å². The zero-order valence-corrected chi connectivity index (χ0v) is 12.0. The number of aryl methyl sites for hydroxylation is 2. The van der Waals surface area contributed by atoms with Gasteiger partial charge in [0.15, 0.2) is 0 Å². The lowest BCUT2D eigenvalue weighted by Gasteiger charge is -2.12. The van der Waals surface area contributed by atoms with Crippen LogP contribution in [0.3, 0.4) is 0 Å². The topological polar surface area (TPSA) is 61.0 Å². The van der Waals surface area contributed by atoms with E-state index in [1.165, 1.54) is 17.5 Å². The molecule has 1 aromatic heterocycles. The number of nitrogens with zero attached hydrogens (tertiary/aromatic N) is 2. The highest BCUT2D eigenvalue weighted by atomic mass is 16.5. The van der Waals surface area contributed by atoms with Crippen LogP contribution in [0.15, 0.2) is 36.7 Å². The molecule has 106 valence electrons. The fraction of sp³-hybridized carbons (Fsp3) is 0.375. The van der Waals surface area contributed by atoms with Crippen LogP contribution in [-0.4, -0.2) is 23.1 Å². The molecule has 20 heavy (non-hydrogen) atoms. The van der Waals surface area contributed by atoms with Crippen molar-refractivity contribution in [1.29, 1.82) is 0 Å². The third-order valence-corrected chi connectivity index (χ3v) is 3.42. The number of benzene rings is 1. The van der Waals surface area contributed by atoms with Crippen molar-refractivity contribution < 1.29 is 4.74 Å². The van der Waals surface area contributed by atoms with E-state index in [2.05, 4.69) is 41.2 Å². The predicted octanol–water partition coefficient (Wildman–Crippen LogP) is 2.30. The second-order valence-corrected chi connectivity index (χ2v) is 4.98. The van der Waals surface area contributed by atoms with Gasteiger partial charge in [0.05, 0.1) is 7.11 Å². The first-order valence-corrected chi connectivity index (χ1v) is 6.84. The Hall–Kier alpha value is -1.94. The first-order chi connectivity index (χ1) is 9.69. The number of aromatic nitrogens is 2. The Morgan fingerprint density at radius 1 is 1.25 bits per heavy atom. The Kier molecular flexibility index (Phi) is 5.07. The predicted molar refractivity (Wildman–Crippen MR) is 79.8 cm³/mol. The molecule has 0 spiro atoms. The van der Waals surface area contributed by atoms with Crippen LogP contribution in [0.1, 0.15) is 23.2 Å². The molecule has 1 unspecified atom stereocenters. The Balaban J connectivity index is 1.89. The molecule has 0 radical (unpaired) electrons. The van der Waals surface area contributed by atoms with Crippen molar-refractivity contribution in [2.45, 2.75) is 32.2 Å². The molecule has 1 heterocycles. The lowest BCUT2D eigenvalue weighted by Crippen LogP contribution is -2.24. The van der Waals surface area contributed by atoms with Crippen LogP contribution in [-0.2, 0) is 12.8 Å². The summed E-state index contributed by atoms with van der Waals surface area (Å²) in [4.78, 5) is 8.22. The smallest absolute Gasteiger partial charge is 0.216 e. The molecule has 2 rings (SSSR count). The molecule has 0 aliphatic rings. The Bertz CT molecular complexity index is 557. The quantitative estimate of drug-likeness (QED) is 0.875. The van der Waals surface area contributed by atoms with E-state index in [4.69, 9.17) is 10.5 Å². The van der Waals surface area contributed by atoms with Crippen molar-refractivity contribution in [3.8, 4) is 5.88 Å². The Morgan fingerprint density at radius 3 is 2.80 bits per heavy atom. The van der Waals surface area contributed by atoms with E-state index in [1.807, 2.05) is 6.07 Å². The molecule has 0 saturated carbocycles. The normalized spacial score (nSPS) is 12.2. The number of methoxy groups -OCH3 is 1. The summed E-state index contributed by atoms with van der Waals surface area (Å²) in [6.45, 7) is 2.14. The summed E-state index contributed by atoms with van der Waals surface area (Å²) in [6.07, 6.45) is 4.19. The summed E-state index contributed by atoms with van der Waals surface area (Å²) in [5, 5.41) is 0. The number of nitrogens with two attached hydrogens (primary N) is 1. The van der Waals surface area contributed by atoms with Crippen molar-refractivity contribution in [1.82, 2.24) is 9.97 Å². The average molecular weight is 271 g/mol. The fourth-order valence-corrected chi connectivity index (χ4v) is 2.20. The monoisotopic (exact) mass is 271 g/mol.